The van der Waals surface area contributed by atoms with Crippen LogP contribution >= 0.6 is 0 Å². The van der Waals surface area contributed by atoms with Crippen molar-refractivity contribution in [1.82, 2.24) is 34.7 Å². The molecule has 30 nitrogen and oxygen atoms in total. The second kappa shape index (κ2) is 45.2. The molecule has 0 rings (SSSR count). The first-order valence-corrected chi connectivity index (χ1v) is 21.0. The molecule has 71 heavy (non-hydrogen) atoms. The number of carbonyl (C=O) groups excluding carboxylic acids is 8. The summed E-state index contributed by atoms with van der Waals surface area (Å²) in [5.41, 5.74) is 0.519. The number of hydrogen-bond acceptors (Lipinski definition) is 24. The Morgan fingerprint density at radius 3 is 1.21 bits per heavy atom. The molecule has 0 atom stereocenters. The molecule has 0 aromatic heterocycles. The summed E-state index contributed by atoms with van der Waals surface area (Å²) in [5, 5.41) is 39.3. The van der Waals surface area contributed by atoms with E-state index in [-0.39, 0.29) is 151 Å². The lowest BCUT2D eigenvalue weighted by Gasteiger charge is -2.27. The number of aliphatic carboxylic acids is 4. The van der Waals surface area contributed by atoms with Gasteiger partial charge < -0.3 is 59.0 Å². The third kappa shape index (κ3) is 43.8. The van der Waals surface area contributed by atoms with Crippen molar-refractivity contribution in [3.63, 3.8) is 0 Å². The summed E-state index contributed by atoms with van der Waals surface area (Å²) in [6.07, 6.45) is 2.17. The van der Waals surface area contributed by atoms with Gasteiger partial charge in [0.1, 0.15) is 46.9 Å². The number of nitrogens with zero attached hydrogens (tertiary/aromatic N) is 7. The highest BCUT2D eigenvalue weighted by Crippen LogP contribution is 2.01. The van der Waals surface area contributed by atoms with Crippen molar-refractivity contribution in [2.24, 2.45) is 0 Å². The molecule has 0 saturated heterocycles. The highest BCUT2D eigenvalue weighted by atomic mass is 16.6. The fourth-order valence-corrected chi connectivity index (χ4v) is 5.38. The average Bonchev–Trinajstić information content (AvgIpc) is 3.30. The maximum Gasteiger partial charge on any atom is 0.430 e. The molecule has 0 saturated carbocycles. The Balaban J connectivity index is -0.00000126. The first-order valence-electron chi connectivity index (χ1n) is 21.0. The molecule has 0 bridgehead atoms. The van der Waals surface area contributed by atoms with Crippen LogP contribution in [0.2, 0.25) is 0 Å². The topological polar surface area (TPSA) is 376 Å². The van der Waals surface area contributed by atoms with Crippen LogP contribution in [-0.4, -0.2) is 274 Å². The minimum Gasteiger partial charge on any atom is -0.495 e. The van der Waals surface area contributed by atoms with Crippen molar-refractivity contribution in [2.45, 2.75) is 20.3 Å². The summed E-state index contributed by atoms with van der Waals surface area (Å²) in [7, 11) is 0. The molecule has 0 aromatic carbocycles. The van der Waals surface area contributed by atoms with Crippen LogP contribution in [0.1, 0.15) is 20.3 Å². The summed E-state index contributed by atoms with van der Waals surface area (Å²) in [5.74, 6) is -5.18. The molecule has 0 aliphatic rings. The van der Waals surface area contributed by atoms with Crippen LogP contribution in [0.25, 0.3) is 0 Å². The van der Waals surface area contributed by atoms with E-state index in [2.05, 4.69) is 37.4 Å². The van der Waals surface area contributed by atoms with E-state index < -0.39 is 48.8 Å². The van der Waals surface area contributed by atoms with Gasteiger partial charge in [-0.2, -0.15) is 4.79 Å². The monoisotopic (exact) mass is 1020 g/mol. The molecule has 0 fully saturated rings. The highest BCUT2D eigenvalue weighted by Gasteiger charge is 2.21. The lowest BCUT2D eigenvalue weighted by Crippen LogP contribution is -2.46. The molecule has 0 radical (unpaired) electrons. The van der Waals surface area contributed by atoms with Gasteiger partial charge in [0, 0.05) is 72.2 Å². The van der Waals surface area contributed by atoms with E-state index in [0.717, 1.165) is 0 Å². The molecule has 0 aliphatic heterocycles. The Morgan fingerprint density at radius 2 is 0.873 bits per heavy atom. The second-order valence-corrected chi connectivity index (χ2v) is 14.4. The number of carboxylic acid groups (broad SMARTS) is 4. The zero-order valence-corrected chi connectivity index (χ0v) is 40.0. The SMILES string of the molecule is C=C(C)OCCOC(=O)CN(CCN(CCN(COC=O)COC=O)CC(=O)O)CC(=O)O.C=C(C)[N+](=C=O)CCCNC(=O)CN(CCN(CCN(COC=O)COC=O)CC(=O)O)CC(=O)O.C=O. The van der Waals surface area contributed by atoms with Gasteiger partial charge >= 0.3 is 35.9 Å². The van der Waals surface area contributed by atoms with Crippen molar-refractivity contribution in [3.8, 4) is 0 Å². The highest BCUT2D eigenvalue weighted by molar-refractivity contribution is 5.79. The van der Waals surface area contributed by atoms with E-state index in [1.165, 1.54) is 34.0 Å². The minimum atomic E-state index is -1.17. The Kier molecular flexibility index (Phi) is 43.4. The van der Waals surface area contributed by atoms with Crippen molar-refractivity contribution < 1.29 is 111 Å². The molecule has 5 N–H and O–H groups in total. The average molecular weight is 1020 g/mol. The predicted octanol–water partition coefficient (Wildman–Crippen LogP) is -4.06. The van der Waals surface area contributed by atoms with E-state index in [1.807, 2.05) is 6.79 Å². The lowest BCUT2D eigenvalue weighted by molar-refractivity contribution is -0.473. The number of esters is 1. The first kappa shape index (κ1) is 68.1. The summed E-state index contributed by atoms with van der Waals surface area (Å²) < 4.78 is 29.8. The molecule has 30 heteroatoms. The Morgan fingerprint density at radius 1 is 0.535 bits per heavy atom. The number of rotatable bonds is 45. The quantitative estimate of drug-likeness (QED) is 0.00446. The molecule has 1 amide bonds. The number of hydrogen-bond donors (Lipinski definition) is 5. The van der Waals surface area contributed by atoms with Crippen LogP contribution in [0.5, 0.6) is 0 Å². The Bertz CT molecular complexity index is 1680. The fourth-order valence-electron chi connectivity index (χ4n) is 5.38. The van der Waals surface area contributed by atoms with Gasteiger partial charge in [0.15, 0.2) is 12.2 Å². The third-order valence-corrected chi connectivity index (χ3v) is 8.53. The normalized spacial score (nSPS) is 10.4. The summed E-state index contributed by atoms with van der Waals surface area (Å²) in [6.45, 7) is 12.2. The molecular formula is C41H67N8O22+. The first-order chi connectivity index (χ1) is 33.8. The van der Waals surface area contributed by atoms with E-state index in [4.69, 9.17) is 24.5 Å². The molecular weight excluding hydrogens is 956 g/mol. The van der Waals surface area contributed by atoms with Gasteiger partial charge in [-0.05, 0) is 13.5 Å². The van der Waals surface area contributed by atoms with E-state index >= 15 is 0 Å². The van der Waals surface area contributed by atoms with Crippen LogP contribution in [0.15, 0.2) is 24.6 Å². The summed E-state index contributed by atoms with van der Waals surface area (Å²) in [6, 6.07) is 0. The minimum absolute atomic E-state index is 0.0285. The number of allylic oxidation sites excluding steroid dienone is 2. The third-order valence-electron chi connectivity index (χ3n) is 8.53. The van der Waals surface area contributed by atoms with E-state index in [0.29, 0.717) is 24.4 Å². The van der Waals surface area contributed by atoms with Crippen molar-refractivity contribution in [3.05, 3.63) is 24.6 Å². The van der Waals surface area contributed by atoms with Crippen LogP contribution in [0.3, 0.4) is 0 Å². The molecule has 0 heterocycles. The van der Waals surface area contributed by atoms with Gasteiger partial charge in [-0.25, -0.2) is 9.80 Å². The van der Waals surface area contributed by atoms with Gasteiger partial charge in [0.05, 0.1) is 45.0 Å². The maximum atomic E-state index is 12.3. The predicted molar refractivity (Wildman–Crippen MR) is 240 cm³/mol. The Labute approximate surface area is 409 Å². The number of isocyanates is 1. The van der Waals surface area contributed by atoms with Gasteiger partial charge in [-0.3, -0.25) is 67.5 Å². The zero-order valence-electron chi connectivity index (χ0n) is 40.0. The molecule has 402 valence electrons. The van der Waals surface area contributed by atoms with Crippen LogP contribution in [0, 0.1) is 0 Å². The summed E-state index contributed by atoms with van der Waals surface area (Å²) >= 11 is 0. The molecule has 0 aromatic rings. The standard InChI is InChI=1S/C21H33N5O10.C19H31N3O11.CH2O/c1-18(2)26(13-27)5-3-4-22-19(30)10-24(12-21(33)34)8-6-23(11-20(31)32)7-9-25(14-35-16-28)15-36-17-29;1-16(2)32-7-8-33-19(29)11-21(10-18(27)28)5-3-20(9-17(25)26)4-6-22(12-30-14-23)13-31-15-24;1-2/h16-17H,1,3-12,14-15H2,2H3,(H2-,22,30,31,32,33,34);14-15H,1,3-13H2,2H3,(H,25,26)(H,27,28);1H2/p+1. The van der Waals surface area contributed by atoms with Crippen molar-refractivity contribution in [2.75, 3.05) is 145 Å². The van der Waals surface area contributed by atoms with Gasteiger partial charge in [0.25, 0.3) is 25.9 Å². The largest absolute Gasteiger partial charge is 0.495 e. The maximum absolute atomic E-state index is 12.3. The lowest BCUT2D eigenvalue weighted by atomic mass is 10.3. The van der Waals surface area contributed by atoms with Crippen LogP contribution < -0.4 is 5.32 Å². The van der Waals surface area contributed by atoms with Crippen molar-refractivity contribution >= 4 is 74.5 Å². The van der Waals surface area contributed by atoms with E-state index in [9.17, 15) is 63.0 Å². The molecule has 0 spiro atoms. The number of nitrogens with one attached hydrogen (secondary N) is 1. The van der Waals surface area contributed by atoms with Gasteiger partial charge in [-0.1, -0.05) is 6.58 Å². The fraction of sp³-hybridized carbons (Fsp3) is 0.610. The van der Waals surface area contributed by atoms with E-state index in [1.54, 1.807) is 19.9 Å². The number of ether oxygens (including phenoxy) is 6. The summed E-state index contributed by atoms with van der Waals surface area (Å²) in [4.78, 5) is 138. The van der Waals surface area contributed by atoms with Crippen LogP contribution in [-0.2, 0) is 86.0 Å². The number of amides is 1. The number of carboxylic acids is 4. The van der Waals surface area contributed by atoms with Gasteiger partial charge in [0.2, 0.25) is 5.91 Å². The smallest absolute Gasteiger partial charge is 0.430 e. The van der Waals surface area contributed by atoms with Gasteiger partial charge in [-0.15, -0.1) is 4.58 Å². The molecule has 0 aliphatic carbocycles. The number of carbonyl (C=O) groups is 11. The zero-order chi connectivity index (χ0) is 54.4. The Hall–Kier alpha value is -7.21. The van der Waals surface area contributed by atoms with Crippen molar-refractivity contribution in [1.29, 1.82) is 0 Å². The van der Waals surface area contributed by atoms with Crippen LogP contribution in [0.4, 0.5) is 0 Å². The molecule has 0 unspecified atom stereocenters. The second-order valence-electron chi connectivity index (χ2n) is 14.4.